The Morgan fingerprint density at radius 3 is 2.61 bits per heavy atom. The molecule has 3 rings (SSSR count). The van der Waals surface area contributed by atoms with Gasteiger partial charge >= 0.3 is 0 Å². The summed E-state index contributed by atoms with van der Waals surface area (Å²) in [6, 6.07) is 10.3. The SMILES string of the molecule is C/C=C(\C)c1c(-c2ccccc2)ncn1Cc1cncn1CC. The highest BCUT2D eigenvalue weighted by Gasteiger charge is 2.15. The Morgan fingerprint density at radius 2 is 1.91 bits per heavy atom. The van der Waals surface area contributed by atoms with Crippen molar-refractivity contribution in [3.05, 3.63) is 66.6 Å². The molecule has 23 heavy (non-hydrogen) atoms. The lowest BCUT2D eigenvalue weighted by Gasteiger charge is -2.12. The third-order valence-electron chi connectivity index (χ3n) is 4.16. The van der Waals surface area contributed by atoms with Crippen molar-refractivity contribution in [3.8, 4) is 11.3 Å². The molecule has 0 aliphatic heterocycles. The van der Waals surface area contributed by atoms with E-state index < -0.39 is 0 Å². The Morgan fingerprint density at radius 1 is 1.13 bits per heavy atom. The molecule has 3 aromatic rings. The standard InChI is InChI=1S/C19H22N4/c1-4-15(3)19-18(16-9-7-6-8-10-16)21-14-23(19)12-17-11-20-13-22(17)5-2/h4,6-11,13-14H,5,12H2,1-3H3/b15-4+. The molecule has 0 aliphatic rings. The van der Waals surface area contributed by atoms with Crippen molar-refractivity contribution < 1.29 is 0 Å². The zero-order valence-corrected chi connectivity index (χ0v) is 13.9. The zero-order chi connectivity index (χ0) is 16.2. The molecule has 2 aromatic heterocycles. The van der Waals surface area contributed by atoms with E-state index in [-0.39, 0.29) is 0 Å². The van der Waals surface area contributed by atoms with Crippen LogP contribution in [-0.4, -0.2) is 19.1 Å². The highest BCUT2D eigenvalue weighted by atomic mass is 15.1. The summed E-state index contributed by atoms with van der Waals surface area (Å²) in [7, 11) is 0. The molecule has 118 valence electrons. The minimum Gasteiger partial charge on any atom is -0.333 e. The molecule has 0 amide bonds. The lowest BCUT2D eigenvalue weighted by atomic mass is 10.1. The van der Waals surface area contributed by atoms with E-state index in [1.54, 1.807) is 0 Å². The number of imidazole rings is 2. The van der Waals surface area contributed by atoms with Crippen LogP contribution in [0.4, 0.5) is 0 Å². The number of hydrogen-bond acceptors (Lipinski definition) is 2. The number of aryl methyl sites for hydroxylation is 1. The van der Waals surface area contributed by atoms with Gasteiger partial charge in [0.25, 0.3) is 0 Å². The fraction of sp³-hybridized carbons (Fsp3) is 0.263. The van der Waals surface area contributed by atoms with Crippen LogP contribution in [0.15, 0.2) is 55.3 Å². The first kappa shape index (κ1) is 15.3. The van der Waals surface area contributed by atoms with Crippen LogP contribution < -0.4 is 0 Å². The molecule has 0 spiro atoms. The molecule has 2 heterocycles. The topological polar surface area (TPSA) is 35.6 Å². The molecule has 0 atom stereocenters. The molecule has 1 aromatic carbocycles. The first-order chi connectivity index (χ1) is 11.2. The van der Waals surface area contributed by atoms with Crippen molar-refractivity contribution in [1.29, 1.82) is 0 Å². The second kappa shape index (κ2) is 6.65. The zero-order valence-electron chi connectivity index (χ0n) is 13.9. The minimum atomic E-state index is 0.772. The highest BCUT2D eigenvalue weighted by molar-refractivity contribution is 5.76. The predicted molar refractivity (Wildman–Crippen MR) is 94.0 cm³/mol. The van der Waals surface area contributed by atoms with Crippen molar-refractivity contribution in [2.24, 2.45) is 0 Å². The largest absolute Gasteiger partial charge is 0.333 e. The van der Waals surface area contributed by atoms with Crippen molar-refractivity contribution >= 4 is 5.57 Å². The maximum Gasteiger partial charge on any atom is 0.0962 e. The summed E-state index contributed by atoms with van der Waals surface area (Å²) in [6.45, 7) is 8.03. The van der Waals surface area contributed by atoms with Crippen LogP contribution in [0.25, 0.3) is 16.8 Å². The number of hydrogen-bond donors (Lipinski definition) is 0. The van der Waals surface area contributed by atoms with Crippen molar-refractivity contribution in [2.75, 3.05) is 0 Å². The first-order valence-corrected chi connectivity index (χ1v) is 7.97. The molecule has 0 N–H and O–H groups in total. The van der Waals surface area contributed by atoms with Gasteiger partial charge in [-0.1, -0.05) is 36.4 Å². The summed E-state index contributed by atoms with van der Waals surface area (Å²) in [6.07, 6.45) is 7.88. The predicted octanol–water partition coefficient (Wildman–Crippen LogP) is 4.24. The van der Waals surface area contributed by atoms with Gasteiger partial charge in [0.15, 0.2) is 0 Å². The monoisotopic (exact) mass is 306 g/mol. The third-order valence-corrected chi connectivity index (χ3v) is 4.16. The van der Waals surface area contributed by atoms with Crippen LogP contribution >= 0.6 is 0 Å². The quantitative estimate of drug-likeness (QED) is 0.707. The van der Waals surface area contributed by atoms with E-state index in [1.165, 1.54) is 17.0 Å². The van der Waals surface area contributed by atoms with E-state index in [9.17, 15) is 0 Å². The second-order valence-corrected chi connectivity index (χ2v) is 5.58. The number of benzene rings is 1. The average molecular weight is 306 g/mol. The Hall–Kier alpha value is -2.62. The summed E-state index contributed by atoms with van der Waals surface area (Å²) in [5, 5.41) is 0. The molecule has 0 saturated carbocycles. The van der Waals surface area contributed by atoms with Crippen LogP contribution in [0.5, 0.6) is 0 Å². The molecule has 4 nitrogen and oxygen atoms in total. The fourth-order valence-electron chi connectivity index (χ4n) is 2.80. The molecule has 0 bridgehead atoms. The van der Waals surface area contributed by atoms with E-state index in [1.807, 2.05) is 24.9 Å². The number of allylic oxidation sites excluding steroid dienone is 2. The Balaban J connectivity index is 2.06. The van der Waals surface area contributed by atoms with Crippen molar-refractivity contribution in [3.63, 3.8) is 0 Å². The van der Waals surface area contributed by atoms with Crippen LogP contribution in [0.1, 0.15) is 32.2 Å². The smallest absolute Gasteiger partial charge is 0.0962 e. The lowest BCUT2D eigenvalue weighted by molar-refractivity contribution is 0.665. The van der Waals surface area contributed by atoms with Crippen molar-refractivity contribution in [1.82, 2.24) is 19.1 Å². The fourth-order valence-corrected chi connectivity index (χ4v) is 2.80. The molecular formula is C19H22N4. The van der Waals surface area contributed by atoms with E-state index in [4.69, 9.17) is 0 Å². The van der Waals surface area contributed by atoms with E-state index in [0.29, 0.717) is 0 Å². The Kier molecular flexibility index (Phi) is 4.42. The number of nitrogens with zero attached hydrogens (tertiary/aromatic N) is 4. The van der Waals surface area contributed by atoms with Gasteiger partial charge in [0.2, 0.25) is 0 Å². The Bertz CT molecular complexity index is 809. The lowest BCUT2D eigenvalue weighted by Crippen LogP contribution is -2.07. The first-order valence-electron chi connectivity index (χ1n) is 7.97. The molecular weight excluding hydrogens is 284 g/mol. The molecule has 0 unspecified atom stereocenters. The highest BCUT2D eigenvalue weighted by Crippen LogP contribution is 2.28. The van der Waals surface area contributed by atoms with E-state index >= 15 is 0 Å². The van der Waals surface area contributed by atoms with Crippen molar-refractivity contribution in [2.45, 2.75) is 33.9 Å². The molecule has 4 heteroatoms. The Labute approximate surface area is 137 Å². The van der Waals surface area contributed by atoms with Crippen LogP contribution in [0.2, 0.25) is 0 Å². The molecule has 0 saturated heterocycles. The summed E-state index contributed by atoms with van der Waals surface area (Å²) < 4.78 is 4.37. The van der Waals surface area contributed by atoms with E-state index in [2.05, 4.69) is 70.2 Å². The summed E-state index contributed by atoms with van der Waals surface area (Å²) in [4.78, 5) is 8.95. The van der Waals surface area contributed by atoms with Crippen LogP contribution in [0.3, 0.4) is 0 Å². The van der Waals surface area contributed by atoms with Gasteiger partial charge < -0.3 is 9.13 Å². The summed E-state index contributed by atoms with van der Waals surface area (Å²) in [5.41, 5.74) is 5.76. The normalized spacial score (nSPS) is 11.9. The second-order valence-electron chi connectivity index (χ2n) is 5.58. The third kappa shape index (κ3) is 2.97. The molecule has 0 aliphatic carbocycles. The van der Waals surface area contributed by atoms with Gasteiger partial charge in [0.1, 0.15) is 0 Å². The van der Waals surface area contributed by atoms with Gasteiger partial charge in [-0.25, -0.2) is 9.97 Å². The average Bonchev–Trinajstić information content (AvgIpc) is 3.22. The van der Waals surface area contributed by atoms with Gasteiger partial charge in [-0.3, -0.25) is 0 Å². The maximum atomic E-state index is 4.68. The van der Waals surface area contributed by atoms with E-state index in [0.717, 1.165) is 24.3 Å². The van der Waals surface area contributed by atoms with Gasteiger partial charge in [-0.2, -0.15) is 0 Å². The van der Waals surface area contributed by atoms with Gasteiger partial charge in [0.05, 0.1) is 36.3 Å². The maximum absolute atomic E-state index is 4.68. The molecule has 0 fully saturated rings. The van der Waals surface area contributed by atoms with Gasteiger partial charge in [0, 0.05) is 18.3 Å². The number of rotatable bonds is 5. The summed E-state index contributed by atoms with van der Waals surface area (Å²) in [5.74, 6) is 0. The molecule has 0 radical (unpaired) electrons. The minimum absolute atomic E-state index is 0.772. The van der Waals surface area contributed by atoms with Crippen LogP contribution in [-0.2, 0) is 13.1 Å². The van der Waals surface area contributed by atoms with Gasteiger partial charge in [-0.05, 0) is 26.3 Å². The number of aromatic nitrogens is 4. The summed E-state index contributed by atoms with van der Waals surface area (Å²) >= 11 is 0. The van der Waals surface area contributed by atoms with Gasteiger partial charge in [-0.15, -0.1) is 0 Å². The van der Waals surface area contributed by atoms with Crippen LogP contribution in [0, 0.1) is 0 Å².